The maximum Gasteiger partial charge on any atom is 0.338 e. The second-order valence-corrected chi connectivity index (χ2v) is 6.69. The number of hydrogen-bond donors (Lipinski definition) is 1. The van der Waals surface area contributed by atoms with Gasteiger partial charge in [0.2, 0.25) is 0 Å². The second-order valence-electron chi connectivity index (χ2n) is 6.69. The van der Waals surface area contributed by atoms with Gasteiger partial charge in [-0.1, -0.05) is 33.6 Å². The van der Waals surface area contributed by atoms with Gasteiger partial charge in [0.25, 0.3) is 0 Å². The van der Waals surface area contributed by atoms with Crippen molar-refractivity contribution in [3.63, 3.8) is 0 Å². The minimum atomic E-state index is -1.27. The minimum absolute atomic E-state index is 0.0493. The molecular weight excluding hydrogens is 240 g/mol. The van der Waals surface area contributed by atoms with Gasteiger partial charge in [-0.3, -0.25) is 0 Å². The van der Waals surface area contributed by atoms with Crippen LogP contribution in [0.3, 0.4) is 0 Å². The van der Waals surface area contributed by atoms with Gasteiger partial charge in [-0.25, -0.2) is 4.79 Å². The molecule has 0 bridgehead atoms. The highest BCUT2D eigenvalue weighted by Gasteiger charge is 2.45. The van der Waals surface area contributed by atoms with E-state index in [1.807, 2.05) is 6.92 Å². The molecule has 0 aromatic heterocycles. The Balaban J connectivity index is 2.83. The van der Waals surface area contributed by atoms with Gasteiger partial charge < -0.3 is 9.84 Å². The Kier molecular flexibility index (Phi) is 5.84. The van der Waals surface area contributed by atoms with E-state index in [2.05, 4.69) is 13.8 Å². The lowest BCUT2D eigenvalue weighted by Crippen LogP contribution is -2.47. The van der Waals surface area contributed by atoms with E-state index in [-0.39, 0.29) is 5.92 Å². The van der Waals surface area contributed by atoms with E-state index in [1.54, 1.807) is 6.92 Å². The molecule has 1 aliphatic rings. The summed E-state index contributed by atoms with van der Waals surface area (Å²) in [5.41, 5.74) is -0.943. The van der Waals surface area contributed by atoms with Crippen molar-refractivity contribution in [2.75, 3.05) is 6.61 Å². The number of esters is 1. The van der Waals surface area contributed by atoms with Crippen molar-refractivity contribution in [3.8, 4) is 0 Å². The Morgan fingerprint density at radius 2 is 2.00 bits per heavy atom. The fraction of sp³-hybridized carbons (Fsp3) is 0.938. The number of rotatable bonds is 5. The first-order chi connectivity index (χ1) is 8.85. The lowest BCUT2D eigenvalue weighted by Gasteiger charge is -2.33. The van der Waals surface area contributed by atoms with Crippen LogP contribution in [0.1, 0.15) is 72.6 Å². The van der Waals surface area contributed by atoms with Gasteiger partial charge in [-0.2, -0.15) is 0 Å². The number of carbonyl (C=O) groups excluding carboxylic acids is 1. The topological polar surface area (TPSA) is 46.5 Å². The first-order valence-corrected chi connectivity index (χ1v) is 7.75. The third kappa shape index (κ3) is 4.20. The van der Waals surface area contributed by atoms with Crippen LogP contribution in [0.15, 0.2) is 0 Å². The van der Waals surface area contributed by atoms with Gasteiger partial charge in [0.1, 0.15) is 0 Å². The van der Waals surface area contributed by atoms with Crippen molar-refractivity contribution in [1.82, 2.24) is 0 Å². The highest BCUT2D eigenvalue weighted by atomic mass is 16.5. The van der Waals surface area contributed by atoms with Crippen LogP contribution in [0.2, 0.25) is 0 Å². The molecule has 1 saturated carbocycles. The second kappa shape index (κ2) is 6.74. The van der Waals surface area contributed by atoms with Gasteiger partial charge in [-0.15, -0.1) is 0 Å². The molecule has 112 valence electrons. The first kappa shape index (κ1) is 16.5. The van der Waals surface area contributed by atoms with E-state index in [4.69, 9.17) is 4.74 Å². The van der Waals surface area contributed by atoms with Gasteiger partial charge in [0.05, 0.1) is 6.61 Å². The van der Waals surface area contributed by atoms with E-state index in [9.17, 15) is 9.90 Å². The summed E-state index contributed by atoms with van der Waals surface area (Å²) < 4.78 is 5.12. The quantitative estimate of drug-likeness (QED) is 0.612. The SMILES string of the molecule is CCCC(O)(C(=O)OCC)C1CCCC(C)(C)CC1. The number of ether oxygens (including phenoxy) is 1. The standard InChI is InChI=1S/C16H30O3/c1-5-10-16(18,14(17)19-6-2)13-8-7-11-15(3,4)12-9-13/h13,18H,5-12H2,1-4H3. The summed E-state index contributed by atoms with van der Waals surface area (Å²) >= 11 is 0. The van der Waals surface area contributed by atoms with Crippen LogP contribution in [-0.4, -0.2) is 23.3 Å². The molecule has 3 nitrogen and oxygen atoms in total. The molecule has 1 aliphatic carbocycles. The molecule has 2 atom stereocenters. The highest BCUT2D eigenvalue weighted by Crippen LogP contribution is 2.41. The number of aliphatic hydroxyl groups is 1. The molecule has 0 aromatic carbocycles. The summed E-state index contributed by atoms with van der Waals surface area (Å²) in [4.78, 5) is 12.2. The predicted molar refractivity (Wildman–Crippen MR) is 76.8 cm³/mol. The zero-order valence-corrected chi connectivity index (χ0v) is 13.0. The summed E-state index contributed by atoms with van der Waals surface area (Å²) in [6.45, 7) is 8.69. The zero-order chi connectivity index (χ0) is 14.5. The number of carbonyl (C=O) groups is 1. The Morgan fingerprint density at radius 1 is 1.32 bits per heavy atom. The van der Waals surface area contributed by atoms with Crippen LogP contribution in [0.4, 0.5) is 0 Å². The normalized spacial score (nSPS) is 26.3. The third-order valence-corrected chi connectivity index (χ3v) is 4.51. The van der Waals surface area contributed by atoms with Crippen molar-refractivity contribution in [1.29, 1.82) is 0 Å². The van der Waals surface area contributed by atoms with Gasteiger partial charge in [0.15, 0.2) is 5.60 Å². The average Bonchev–Trinajstić information content (AvgIpc) is 2.51. The maximum absolute atomic E-state index is 12.2. The summed E-state index contributed by atoms with van der Waals surface area (Å²) in [6.07, 6.45) is 6.49. The molecule has 0 spiro atoms. The van der Waals surface area contributed by atoms with Gasteiger partial charge in [-0.05, 0) is 50.4 Å². The fourth-order valence-corrected chi connectivity index (χ4v) is 3.25. The van der Waals surface area contributed by atoms with E-state index in [0.29, 0.717) is 18.4 Å². The Labute approximate surface area is 117 Å². The third-order valence-electron chi connectivity index (χ3n) is 4.51. The Morgan fingerprint density at radius 3 is 2.58 bits per heavy atom. The van der Waals surface area contributed by atoms with E-state index in [1.165, 1.54) is 6.42 Å². The highest BCUT2D eigenvalue weighted by molar-refractivity contribution is 5.79. The van der Waals surface area contributed by atoms with Crippen LogP contribution in [0.5, 0.6) is 0 Å². The van der Waals surface area contributed by atoms with E-state index in [0.717, 1.165) is 32.1 Å². The molecule has 1 fully saturated rings. The van der Waals surface area contributed by atoms with Crippen molar-refractivity contribution in [2.24, 2.45) is 11.3 Å². The summed E-state index contributed by atoms with van der Waals surface area (Å²) in [6, 6.07) is 0. The molecule has 1 rings (SSSR count). The Bertz CT molecular complexity index is 298. The molecule has 1 N–H and O–H groups in total. The fourth-order valence-electron chi connectivity index (χ4n) is 3.25. The van der Waals surface area contributed by atoms with Gasteiger partial charge >= 0.3 is 5.97 Å². The minimum Gasteiger partial charge on any atom is -0.464 e. The van der Waals surface area contributed by atoms with Crippen molar-refractivity contribution in [3.05, 3.63) is 0 Å². The van der Waals surface area contributed by atoms with Crippen LogP contribution in [-0.2, 0) is 9.53 Å². The van der Waals surface area contributed by atoms with Crippen molar-refractivity contribution in [2.45, 2.75) is 78.2 Å². The predicted octanol–water partition coefficient (Wildman–Crippen LogP) is 3.69. The van der Waals surface area contributed by atoms with Gasteiger partial charge in [0, 0.05) is 0 Å². The van der Waals surface area contributed by atoms with Crippen LogP contribution in [0, 0.1) is 11.3 Å². The van der Waals surface area contributed by atoms with E-state index >= 15 is 0 Å². The molecule has 0 radical (unpaired) electrons. The largest absolute Gasteiger partial charge is 0.464 e. The molecule has 0 amide bonds. The van der Waals surface area contributed by atoms with E-state index < -0.39 is 11.6 Å². The maximum atomic E-state index is 12.2. The van der Waals surface area contributed by atoms with Crippen LogP contribution in [0.25, 0.3) is 0 Å². The van der Waals surface area contributed by atoms with Crippen LogP contribution >= 0.6 is 0 Å². The molecule has 0 aliphatic heterocycles. The smallest absolute Gasteiger partial charge is 0.338 e. The zero-order valence-electron chi connectivity index (χ0n) is 13.0. The summed E-state index contributed by atoms with van der Waals surface area (Å²) in [5, 5.41) is 10.9. The monoisotopic (exact) mass is 270 g/mol. The van der Waals surface area contributed by atoms with Crippen molar-refractivity contribution < 1.29 is 14.6 Å². The Hall–Kier alpha value is -0.570. The molecule has 3 heteroatoms. The summed E-state index contributed by atoms with van der Waals surface area (Å²) in [7, 11) is 0. The molecule has 0 saturated heterocycles. The molecular formula is C16H30O3. The molecule has 0 aromatic rings. The molecule has 2 unspecified atom stereocenters. The van der Waals surface area contributed by atoms with Crippen molar-refractivity contribution >= 4 is 5.97 Å². The average molecular weight is 270 g/mol. The molecule has 0 heterocycles. The first-order valence-electron chi connectivity index (χ1n) is 7.75. The lowest BCUT2D eigenvalue weighted by atomic mass is 9.78. The molecule has 19 heavy (non-hydrogen) atoms. The number of hydrogen-bond acceptors (Lipinski definition) is 3. The lowest BCUT2D eigenvalue weighted by molar-refractivity contribution is -0.173. The summed E-state index contributed by atoms with van der Waals surface area (Å²) in [5.74, 6) is -0.366. The van der Waals surface area contributed by atoms with Crippen LogP contribution < -0.4 is 0 Å².